The van der Waals surface area contributed by atoms with Crippen molar-refractivity contribution in [1.29, 1.82) is 0 Å². The fraction of sp³-hybridized carbons (Fsp3) is 0.208. The Morgan fingerprint density at radius 1 is 1.00 bits per heavy atom. The number of aromatic nitrogens is 1. The number of hydrogen-bond acceptors (Lipinski definition) is 3. The molecule has 0 spiro atoms. The van der Waals surface area contributed by atoms with Crippen molar-refractivity contribution in [2.45, 2.75) is 19.2 Å². The van der Waals surface area contributed by atoms with E-state index < -0.39 is 30.4 Å². The first-order valence-corrected chi connectivity index (χ1v) is 9.98. The number of nitrogens with one attached hydrogen (secondary N) is 1. The van der Waals surface area contributed by atoms with Crippen molar-refractivity contribution >= 4 is 27.7 Å². The van der Waals surface area contributed by atoms with Crippen LogP contribution in [0.15, 0.2) is 60.7 Å². The molecular formula is C24H21F3N2O3. The lowest BCUT2D eigenvalue weighted by atomic mass is 10.1. The molecule has 1 heterocycles. The summed E-state index contributed by atoms with van der Waals surface area (Å²) in [5, 5.41) is 22.6. The van der Waals surface area contributed by atoms with Gasteiger partial charge < -0.3 is 20.1 Å². The van der Waals surface area contributed by atoms with Crippen molar-refractivity contribution in [2.75, 3.05) is 13.2 Å². The number of amides is 1. The van der Waals surface area contributed by atoms with Gasteiger partial charge in [0, 0.05) is 28.6 Å². The van der Waals surface area contributed by atoms with Crippen LogP contribution >= 0.6 is 0 Å². The molecule has 0 radical (unpaired) electrons. The molecule has 1 amide bonds. The molecule has 0 saturated carbocycles. The molecule has 1 atom stereocenters. The van der Waals surface area contributed by atoms with E-state index in [2.05, 4.69) is 5.32 Å². The van der Waals surface area contributed by atoms with Gasteiger partial charge in [0.15, 0.2) is 0 Å². The first-order chi connectivity index (χ1) is 15.2. The highest BCUT2D eigenvalue weighted by Gasteiger charge is 2.30. The molecule has 0 saturated heterocycles. The fourth-order valence-corrected chi connectivity index (χ4v) is 3.73. The van der Waals surface area contributed by atoms with Gasteiger partial charge >= 0.3 is 6.18 Å². The molecule has 8 heteroatoms. The zero-order chi connectivity index (χ0) is 23.0. The zero-order valence-corrected chi connectivity index (χ0v) is 17.1. The van der Waals surface area contributed by atoms with Crippen LogP contribution in [-0.2, 0) is 6.18 Å². The van der Waals surface area contributed by atoms with E-state index in [-0.39, 0.29) is 6.54 Å². The number of fused-ring (bicyclic) bond motifs is 3. The maximum atomic E-state index is 13.0. The van der Waals surface area contributed by atoms with Crippen LogP contribution in [0.4, 0.5) is 13.2 Å². The van der Waals surface area contributed by atoms with Crippen LogP contribution in [0.25, 0.3) is 27.5 Å². The van der Waals surface area contributed by atoms with E-state index in [0.29, 0.717) is 11.3 Å². The minimum absolute atomic E-state index is 0.0835. The SMILES string of the molecule is Cc1ccc2c(c1)c1cc(C(=O)NCC(O)CO)ccc1n2-c1ccc(C(F)(F)F)cc1. The number of aliphatic hydroxyl groups is 2. The van der Waals surface area contributed by atoms with Crippen LogP contribution in [0, 0.1) is 6.92 Å². The first-order valence-electron chi connectivity index (χ1n) is 9.98. The molecule has 166 valence electrons. The van der Waals surface area contributed by atoms with Crippen LogP contribution in [0.1, 0.15) is 21.5 Å². The van der Waals surface area contributed by atoms with Gasteiger partial charge in [-0.3, -0.25) is 4.79 Å². The van der Waals surface area contributed by atoms with Crippen LogP contribution in [0.2, 0.25) is 0 Å². The molecule has 0 fully saturated rings. The summed E-state index contributed by atoms with van der Waals surface area (Å²) in [4.78, 5) is 12.5. The van der Waals surface area contributed by atoms with Crippen LogP contribution in [0.3, 0.4) is 0 Å². The van der Waals surface area contributed by atoms with Crippen molar-refractivity contribution in [2.24, 2.45) is 0 Å². The van der Waals surface area contributed by atoms with Gasteiger partial charge in [-0.1, -0.05) is 11.6 Å². The highest BCUT2D eigenvalue weighted by molar-refractivity contribution is 6.11. The lowest BCUT2D eigenvalue weighted by molar-refractivity contribution is -0.137. The van der Waals surface area contributed by atoms with Gasteiger partial charge in [-0.15, -0.1) is 0 Å². The molecule has 1 unspecified atom stereocenters. The molecule has 4 rings (SSSR count). The predicted molar refractivity (Wildman–Crippen MR) is 116 cm³/mol. The van der Waals surface area contributed by atoms with Crippen molar-refractivity contribution in [3.63, 3.8) is 0 Å². The van der Waals surface area contributed by atoms with Gasteiger partial charge in [0.1, 0.15) is 0 Å². The van der Waals surface area contributed by atoms with Crippen molar-refractivity contribution in [3.05, 3.63) is 77.4 Å². The van der Waals surface area contributed by atoms with E-state index in [0.717, 1.165) is 39.5 Å². The van der Waals surface area contributed by atoms with Crippen molar-refractivity contribution < 1.29 is 28.2 Å². The Bertz CT molecular complexity index is 1290. The Kier molecular flexibility index (Phi) is 5.66. The Balaban J connectivity index is 1.84. The molecule has 5 nitrogen and oxygen atoms in total. The van der Waals surface area contributed by atoms with Gasteiger partial charge in [-0.05, 0) is 61.5 Å². The lowest BCUT2D eigenvalue weighted by Crippen LogP contribution is -2.33. The van der Waals surface area contributed by atoms with E-state index in [4.69, 9.17) is 5.11 Å². The largest absolute Gasteiger partial charge is 0.416 e. The summed E-state index contributed by atoms with van der Waals surface area (Å²) >= 11 is 0. The Hall–Kier alpha value is -3.36. The van der Waals surface area contributed by atoms with Crippen molar-refractivity contribution in [3.8, 4) is 5.69 Å². The Morgan fingerprint density at radius 2 is 1.62 bits per heavy atom. The molecule has 0 aliphatic rings. The maximum Gasteiger partial charge on any atom is 0.416 e. The topological polar surface area (TPSA) is 74.5 Å². The smallest absolute Gasteiger partial charge is 0.394 e. The van der Waals surface area contributed by atoms with Crippen LogP contribution < -0.4 is 5.32 Å². The quantitative estimate of drug-likeness (QED) is 0.434. The summed E-state index contributed by atoms with van der Waals surface area (Å²) in [6, 6.07) is 15.8. The second kappa shape index (κ2) is 8.29. The number of hydrogen-bond donors (Lipinski definition) is 3. The summed E-state index contributed by atoms with van der Waals surface area (Å²) in [6.45, 7) is 1.40. The number of nitrogens with zero attached hydrogens (tertiary/aromatic N) is 1. The predicted octanol–water partition coefficient (Wildman–Crippen LogP) is 4.19. The van der Waals surface area contributed by atoms with E-state index in [9.17, 15) is 23.1 Å². The number of aryl methyl sites for hydroxylation is 1. The van der Waals surface area contributed by atoms with Crippen LogP contribution in [-0.4, -0.2) is 39.9 Å². The first kappa shape index (κ1) is 21.9. The minimum Gasteiger partial charge on any atom is -0.394 e. The number of aliphatic hydroxyl groups excluding tert-OH is 2. The van der Waals surface area contributed by atoms with E-state index in [1.54, 1.807) is 18.2 Å². The normalized spacial score (nSPS) is 12.9. The molecule has 3 aromatic carbocycles. The molecule has 0 aliphatic carbocycles. The lowest BCUT2D eigenvalue weighted by Gasteiger charge is -2.11. The zero-order valence-electron chi connectivity index (χ0n) is 17.1. The average molecular weight is 442 g/mol. The molecule has 4 aromatic rings. The standard InChI is InChI=1S/C24H21F3N2O3/c1-14-2-8-21-19(10-14)20-11-15(23(32)28-12-18(31)13-30)3-9-22(20)29(21)17-6-4-16(5-7-17)24(25,26)27/h2-11,18,30-31H,12-13H2,1H3,(H,28,32). The third-order valence-electron chi connectivity index (χ3n) is 5.34. The number of rotatable bonds is 5. The molecule has 32 heavy (non-hydrogen) atoms. The number of carbonyl (C=O) groups excluding carboxylic acids is 1. The average Bonchev–Trinajstić information content (AvgIpc) is 3.09. The fourth-order valence-electron chi connectivity index (χ4n) is 3.73. The van der Waals surface area contributed by atoms with Gasteiger partial charge in [0.05, 0.1) is 29.3 Å². The molecule has 1 aromatic heterocycles. The third-order valence-corrected chi connectivity index (χ3v) is 5.34. The second-order valence-corrected chi connectivity index (χ2v) is 7.68. The van der Waals surface area contributed by atoms with Crippen LogP contribution in [0.5, 0.6) is 0 Å². The number of benzene rings is 3. The van der Waals surface area contributed by atoms with Crippen molar-refractivity contribution in [1.82, 2.24) is 9.88 Å². The molecule has 0 bridgehead atoms. The summed E-state index contributed by atoms with van der Waals surface area (Å²) in [7, 11) is 0. The second-order valence-electron chi connectivity index (χ2n) is 7.68. The van der Waals surface area contributed by atoms with Gasteiger partial charge in [-0.2, -0.15) is 13.2 Å². The number of carbonyl (C=O) groups is 1. The maximum absolute atomic E-state index is 13.0. The third kappa shape index (κ3) is 4.06. The van der Waals surface area contributed by atoms with Gasteiger partial charge in [0.2, 0.25) is 0 Å². The Labute approximate surface area is 181 Å². The van der Waals surface area contributed by atoms with Gasteiger partial charge in [0.25, 0.3) is 5.91 Å². The summed E-state index contributed by atoms with van der Waals surface area (Å²) in [5.41, 5.74) is 2.78. The summed E-state index contributed by atoms with van der Waals surface area (Å²) in [5.74, 6) is -0.400. The van der Waals surface area contributed by atoms with Gasteiger partial charge in [-0.25, -0.2) is 0 Å². The molecule has 0 aliphatic heterocycles. The number of alkyl halides is 3. The molecule has 3 N–H and O–H groups in total. The van der Waals surface area contributed by atoms with E-state index in [1.165, 1.54) is 12.1 Å². The van der Waals surface area contributed by atoms with E-state index >= 15 is 0 Å². The highest BCUT2D eigenvalue weighted by Crippen LogP contribution is 2.35. The Morgan fingerprint density at radius 3 is 2.25 bits per heavy atom. The summed E-state index contributed by atoms with van der Waals surface area (Å²) in [6.07, 6.45) is -5.46. The number of halogens is 3. The van der Waals surface area contributed by atoms with E-state index in [1.807, 2.05) is 29.7 Å². The molecular weight excluding hydrogens is 421 g/mol. The highest BCUT2D eigenvalue weighted by atomic mass is 19.4. The minimum atomic E-state index is -4.41. The monoisotopic (exact) mass is 442 g/mol. The summed E-state index contributed by atoms with van der Waals surface area (Å²) < 4.78 is 40.8.